The van der Waals surface area contributed by atoms with Crippen molar-refractivity contribution in [3.05, 3.63) is 70.8 Å². The molecule has 0 saturated carbocycles. The molecular formula is C18H19F2NO2. The number of aliphatic hydroxyl groups is 1. The molecule has 1 unspecified atom stereocenters. The topological polar surface area (TPSA) is 49.3 Å². The minimum atomic E-state index is -0.919. The molecule has 2 rings (SSSR count). The van der Waals surface area contributed by atoms with Gasteiger partial charge in [-0.25, -0.2) is 8.78 Å². The third kappa shape index (κ3) is 4.86. The molecule has 0 radical (unpaired) electrons. The molecule has 0 aliphatic rings. The van der Waals surface area contributed by atoms with Crippen LogP contribution in [0, 0.1) is 18.6 Å². The minimum Gasteiger partial charge on any atom is -0.387 e. The van der Waals surface area contributed by atoms with Gasteiger partial charge in [-0.15, -0.1) is 0 Å². The number of amides is 1. The fourth-order valence-corrected chi connectivity index (χ4v) is 2.20. The summed E-state index contributed by atoms with van der Waals surface area (Å²) in [6.45, 7) is 2.02. The number of carbonyl (C=O) groups excluding carboxylic acids is 1. The van der Waals surface area contributed by atoms with E-state index < -0.39 is 17.7 Å². The van der Waals surface area contributed by atoms with Crippen LogP contribution in [-0.4, -0.2) is 17.6 Å². The first-order valence-electron chi connectivity index (χ1n) is 7.41. The van der Waals surface area contributed by atoms with Crippen LogP contribution in [-0.2, 0) is 11.2 Å². The molecule has 0 bridgehead atoms. The molecule has 0 fully saturated rings. The Balaban J connectivity index is 1.81. The molecule has 3 nitrogen and oxygen atoms in total. The zero-order valence-corrected chi connectivity index (χ0v) is 12.9. The lowest BCUT2D eigenvalue weighted by molar-refractivity contribution is -0.121. The second-order valence-electron chi connectivity index (χ2n) is 5.44. The van der Waals surface area contributed by atoms with Crippen molar-refractivity contribution in [2.75, 3.05) is 6.54 Å². The Kier molecular flexibility index (Phi) is 5.82. The largest absolute Gasteiger partial charge is 0.387 e. The number of aryl methyl sites for hydroxylation is 2. The SMILES string of the molecule is Cc1ccc(C(O)CNC(=O)CCc2cccc(F)c2F)cc1. The fourth-order valence-electron chi connectivity index (χ4n) is 2.20. The number of carbonyl (C=O) groups is 1. The second-order valence-corrected chi connectivity index (χ2v) is 5.44. The van der Waals surface area contributed by atoms with E-state index in [0.29, 0.717) is 5.56 Å². The highest BCUT2D eigenvalue weighted by Gasteiger charge is 2.12. The van der Waals surface area contributed by atoms with Crippen LogP contribution in [0.1, 0.15) is 29.2 Å². The second kappa shape index (κ2) is 7.83. The minimum absolute atomic E-state index is 0.0288. The molecule has 0 saturated heterocycles. The van der Waals surface area contributed by atoms with Crippen LogP contribution >= 0.6 is 0 Å². The lowest BCUT2D eigenvalue weighted by atomic mass is 10.1. The van der Waals surface area contributed by atoms with E-state index >= 15 is 0 Å². The Hall–Kier alpha value is -2.27. The van der Waals surface area contributed by atoms with Gasteiger partial charge in [0.05, 0.1) is 6.10 Å². The van der Waals surface area contributed by atoms with Crippen molar-refractivity contribution in [1.82, 2.24) is 5.32 Å². The van der Waals surface area contributed by atoms with Gasteiger partial charge in [0, 0.05) is 13.0 Å². The Morgan fingerprint density at radius 1 is 1.17 bits per heavy atom. The van der Waals surface area contributed by atoms with Crippen molar-refractivity contribution in [3.63, 3.8) is 0 Å². The van der Waals surface area contributed by atoms with Crippen molar-refractivity contribution in [3.8, 4) is 0 Å². The van der Waals surface area contributed by atoms with Crippen molar-refractivity contribution >= 4 is 5.91 Å². The van der Waals surface area contributed by atoms with Gasteiger partial charge in [0.1, 0.15) is 0 Å². The van der Waals surface area contributed by atoms with Gasteiger partial charge in [-0.05, 0) is 30.5 Å². The Morgan fingerprint density at radius 2 is 1.87 bits per heavy atom. The van der Waals surface area contributed by atoms with Crippen molar-refractivity contribution in [2.45, 2.75) is 25.9 Å². The summed E-state index contributed by atoms with van der Waals surface area (Å²) in [6, 6.07) is 11.3. The molecular weight excluding hydrogens is 300 g/mol. The molecule has 0 spiro atoms. The first kappa shape index (κ1) is 17.1. The first-order valence-corrected chi connectivity index (χ1v) is 7.41. The highest BCUT2D eigenvalue weighted by Crippen LogP contribution is 2.14. The number of hydrogen-bond donors (Lipinski definition) is 2. The number of halogens is 2. The summed E-state index contributed by atoms with van der Waals surface area (Å²) < 4.78 is 26.5. The van der Waals surface area contributed by atoms with E-state index in [1.165, 1.54) is 12.1 Å². The van der Waals surface area contributed by atoms with E-state index in [-0.39, 0.29) is 30.9 Å². The number of aliphatic hydroxyl groups excluding tert-OH is 1. The molecule has 0 aliphatic carbocycles. The number of nitrogens with one attached hydrogen (secondary N) is 1. The van der Waals surface area contributed by atoms with Crippen molar-refractivity contribution < 1.29 is 18.7 Å². The number of benzene rings is 2. The van der Waals surface area contributed by atoms with E-state index in [2.05, 4.69) is 5.32 Å². The molecule has 1 amide bonds. The molecule has 2 N–H and O–H groups in total. The van der Waals surface area contributed by atoms with Gasteiger partial charge in [-0.2, -0.15) is 0 Å². The van der Waals surface area contributed by atoms with Crippen LogP contribution in [0.25, 0.3) is 0 Å². The third-order valence-corrected chi connectivity index (χ3v) is 3.61. The fraction of sp³-hybridized carbons (Fsp3) is 0.278. The molecule has 0 aromatic heterocycles. The van der Waals surface area contributed by atoms with Crippen LogP contribution in [0.15, 0.2) is 42.5 Å². The van der Waals surface area contributed by atoms with Crippen LogP contribution in [0.4, 0.5) is 8.78 Å². The van der Waals surface area contributed by atoms with E-state index in [0.717, 1.165) is 11.6 Å². The maximum Gasteiger partial charge on any atom is 0.220 e. The highest BCUT2D eigenvalue weighted by atomic mass is 19.2. The smallest absolute Gasteiger partial charge is 0.220 e. The van der Waals surface area contributed by atoms with Crippen molar-refractivity contribution in [2.24, 2.45) is 0 Å². The Labute approximate surface area is 134 Å². The zero-order chi connectivity index (χ0) is 16.8. The highest BCUT2D eigenvalue weighted by molar-refractivity contribution is 5.76. The van der Waals surface area contributed by atoms with E-state index in [4.69, 9.17) is 0 Å². The predicted octanol–water partition coefficient (Wildman–Crippen LogP) is 3.06. The first-order chi connectivity index (χ1) is 11.0. The van der Waals surface area contributed by atoms with E-state index in [9.17, 15) is 18.7 Å². The number of hydrogen-bond acceptors (Lipinski definition) is 2. The van der Waals surface area contributed by atoms with Gasteiger partial charge in [0.15, 0.2) is 11.6 Å². The summed E-state index contributed by atoms with van der Waals surface area (Å²) in [6.07, 6.45) is -0.665. The molecule has 0 aliphatic heterocycles. The van der Waals surface area contributed by atoms with Crippen LogP contribution in [0.3, 0.4) is 0 Å². The molecule has 23 heavy (non-hydrogen) atoms. The van der Waals surface area contributed by atoms with Gasteiger partial charge >= 0.3 is 0 Å². The molecule has 5 heteroatoms. The average molecular weight is 319 g/mol. The van der Waals surface area contributed by atoms with Gasteiger partial charge in [0.2, 0.25) is 5.91 Å². The Morgan fingerprint density at radius 3 is 2.57 bits per heavy atom. The zero-order valence-electron chi connectivity index (χ0n) is 12.9. The van der Waals surface area contributed by atoms with Crippen LogP contribution in [0.5, 0.6) is 0 Å². The predicted molar refractivity (Wildman–Crippen MR) is 83.8 cm³/mol. The van der Waals surface area contributed by atoms with E-state index in [1.54, 1.807) is 12.1 Å². The average Bonchev–Trinajstić information content (AvgIpc) is 2.54. The van der Waals surface area contributed by atoms with Gasteiger partial charge in [-0.1, -0.05) is 42.0 Å². The lowest BCUT2D eigenvalue weighted by Crippen LogP contribution is -2.28. The third-order valence-electron chi connectivity index (χ3n) is 3.61. The maximum absolute atomic E-state index is 13.5. The summed E-state index contributed by atoms with van der Waals surface area (Å²) in [5, 5.41) is 12.6. The lowest BCUT2D eigenvalue weighted by Gasteiger charge is -2.12. The monoisotopic (exact) mass is 319 g/mol. The summed E-state index contributed by atoms with van der Waals surface area (Å²) >= 11 is 0. The summed E-state index contributed by atoms with van der Waals surface area (Å²) in [7, 11) is 0. The number of rotatable bonds is 6. The quantitative estimate of drug-likeness (QED) is 0.860. The Bertz CT molecular complexity index is 671. The maximum atomic E-state index is 13.5. The van der Waals surface area contributed by atoms with Gasteiger partial charge in [-0.3, -0.25) is 4.79 Å². The summed E-state index contributed by atoms with van der Waals surface area (Å²) in [4.78, 5) is 11.8. The van der Waals surface area contributed by atoms with Crippen molar-refractivity contribution in [1.29, 1.82) is 0 Å². The van der Waals surface area contributed by atoms with Crippen LogP contribution < -0.4 is 5.32 Å². The molecule has 2 aromatic rings. The standard InChI is InChI=1S/C18H19F2NO2/c1-12-5-7-13(8-6-12)16(22)11-21-17(23)10-9-14-3-2-4-15(19)18(14)20/h2-8,16,22H,9-11H2,1H3,(H,21,23). The molecule has 2 aromatic carbocycles. The van der Waals surface area contributed by atoms with Gasteiger partial charge in [0.25, 0.3) is 0 Å². The van der Waals surface area contributed by atoms with Crippen LogP contribution in [0.2, 0.25) is 0 Å². The molecule has 1 atom stereocenters. The van der Waals surface area contributed by atoms with Gasteiger partial charge < -0.3 is 10.4 Å². The normalized spacial score (nSPS) is 12.0. The molecule has 0 heterocycles. The summed E-state index contributed by atoms with van der Waals surface area (Å²) in [5.41, 5.74) is 1.97. The van der Waals surface area contributed by atoms with E-state index in [1.807, 2.05) is 19.1 Å². The summed E-state index contributed by atoms with van der Waals surface area (Å²) in [5.74, 6) is -2.16. The molecule has 122 valence electrons.